The average molecular weight is 317 g/mol. The van der Waals surface area contributed by atoms with E-state index in [4.69, 9.17) is 12.2 Å². The van der Waals surface area contributed by atoms with Crippen LogP contribution >= 0.6 is 12.2 Å². The molecular formula is C16H13F2N3S. The molecule has 112 valence electrons. The van der Waals surface area contributed by atoms with Crippen LogP contribution in [-0.2, 0) is 6.42 Å². The summed E-state index contributed by atoms with van der Waals surface area (Å²) in [5, 5.41) is 7.09. The molecule has 22 heavy (non-hydrogen) atoms. The second-order valence-electron chi connectivity index (χ2n) is 4.91. The zero-order valence-corrected chi connectivity index (χ0v) is 12.4. The van der Waals surface area contributed by atoms with Gasteiger partial charge in [0.2, 0.25) is 0 Å². The Morgan fingerprint density at radius 3 is 2.73 bits per heavy atom. The van der Waals surface area contributed by atoms with Crippen LogP contribution in [0.2, 0.25) is 0 Å². The minimum Gasteiger partial charge on any atom is -0.329 e. The number of hydrogen-bond acceptors (Lipinski definition) is 2. The number of rotatable bonds is 2. The molecule has 6 heteroatoms. The monoisotopic (exact) mass is 317 g/mol. The highest BCUT2D eigenvalue weighted by Gasteiger charge is 2.16. The minimum atomic E-state index is -0.706. The lowest BCUT2D eigenvalue weighted by atomic mass is 10.1. The van der Waals surface area contributed by atoms with Crippen LogP contribution in [0, 0.1) is 11.6 Å². The molecule has 0 atom stereocenters. The van der Waals surface area contributed by atoms with Crippen molar-refractivity contribution < 1.29 is 8.78 Å². The fraction of sp³-hybridized carbons (Fsp3) is 0.125. The number of halogens is 2. The van der Waals surface area contributed by atoms with Crippen molar-refractivity contribution in [1.82, 2.24) is 5.43 Å². The van der Waals surface area contributed by atoms with E-state index in [1.165, 1.54) is 11.6 Å². The predicted molar refractivity (Wildman–Crippen MR) is 87.0 cm³/mol. The van der Waals surface area contributed by atoms with Crippen LogP contribution < -0.4 is 10.7 Å². The molecule has 1 aliphatic carbocycles. The van der Waals surface area contributed by atoms with E-state index in [9.17, 15) is 8.78 Å². The molecule has 3 rings (SSSR count). The molecule has 2 aromatic carbocycles. The Labute approximate surface area is 132 Å². The van der Waals surface area contributed by atoms with Crippen molar-refractivity contribution in [1.29, 1.82) is 0 Å². The van der Waals surface area contributed by atoms with Gasteiger partial charge in [-0.3, -0.25) is 5.43 Å². The SMILES string of the molecule is Fc1ccc(NC(=S)NN=C2CCc3ccccc32)c(F)c1. The Kier molecular flexibility index (Phi) is 4.11. The number of hydrogen-bond donors (Lipinski definition) is 2. The Hall–Kier alpha value is -2.34. The number of hydrazone groups is 1. The Balaban J connectivity index is 1.67. The van der Waals surface area contributed by atoms with Crippen molar-refractivity contribution in [2.24, 2.45) is 5.10 Å². The van der Waals surface area contributed by atoms with Gasteiger partial charge in [0.1, 0.15) is 11.6 Å². The molecule has 0 bridgehead atoms. The summed E-state index contributed by atoms with van der Waals surface area (Å²) < 4.78 is 26.4. The molecule has 0 fully saturated rings. The van der Waals surface area contributed by atoms with Crippen LogP contribution in [0.15, 0.2) is 47.6 Å². The second kappa shape index (κ2) is 6.19. The normalized spacial score (nSPS) is 14.7. The van der Waals surface area contributed by atoms with Gasteiger partial charge >= 0.3 is 0 Å². The molecular weight excluding hydrogens is 304 g/mol. The molecule has 1 aliphatic rings. The minimum absolute atomic E-state index is 0.103. The van der Waals surface area contributed by atoms with E-state index in [1.54, 1.807) is 0 Å². The predicted octanol–water partition coefficient (Wildman–Crippen LogP) is 3.60. The number of anilines is 1. The summed E-state index contributed by atoms with van der Waals surface area (Å²) in [6, 6.07) is 11.3. The average Bonchev–Trinajstić information content (AvgIpc) is 2.91. The number of aryl methyl sites for hydroxylation is 1. The Bertz CT molecular complexity index is 759. The molecule has 2 aromatic rings. The maximum Gasteiger partial charge on any atom is 0.191 e. The van der Waals surface area contributed by atoms with Gasteiger partial charge in [0.05, 0.1) is 11.4 Å². The number of nitrogens with one attached hydrogen (secondary N) is 2. The third kappa shape index (κ3) is 3.12. The summed E-state index contributed by atoms with van der Waals surface area (Å²) in [7, 11) is 0. The fourth-order valence-corrected chi connectivity index (χ4v) is 2.54. The van der Waals surface area contributed by atoms with Gasteiger partial charge in [-0.2, -0.15) is 5.10 Å². The fourth-order valence-electron chi connectivity index (χ4n) is 2.38. The molecule has 0 amide bonds. The van der Waals surface area contributed by atoms with Crippen molar-refractivity contribution in [3.05, 3.63) is 65.2 Å². The van der Waals surface area contributed by atoms with Crippen LogP contribution in [0.4, 0.5) is 14.5 Å². The van der Waals surface area contributed by atoms with Crippen LogP contribution in [0.1, 0.15) is 17.5 Å². The summed E-state index contributed by atoms with van der Waals surface area (Å²) in [4.78, 5) is 0. The van der Waals surface area contributed by atoms with Crippen molar-refractivity contribution in [3.8, 4) is 0 Å². The first kappa shape index (κ1) is 14.6. The lowest BCUT2D eigenvalue weighted by molar-refractivity contribution is 0.586. The molecule has 0 saturated carbocycles. The molecule has 3 nitrogen and oxygen atoms in total. The topological polar surface area (TPSA) is 36.4 Å². The zero-order chi connectivity index (χ0) is 15.5. The number of thiocarbonyl (C=S) groups is 1. The first-order chi connectivity index (χ1) is 10.6. The highest BCUT2D eigenvalue weighted by atomic mass is 32.1. The maximum atomic E-state index is 13.5. The van der Waals surface area contributed by atoms with Gasteiger partial charge < -0.3 is 5.32 Å². The van der Waals surface area contributed by atoms with Gasteiger partial charge in [-0.1, -0.05) is 24.3 Å². The van der Waals surface area contributed by atoms with Crippen LogP contribution in [-0.4, -0.2) is 10.8 Å². The first-order valence-corrected chi connectivity index (χ1v) is 7.21. The van der Waals surface area contributed by atoms with E-state index in [2.05, 4.69) is 21.9 Å². The smallest absolute Gasteiger partial charge is 0.191 e. The molecule has 0 radical (unpaired) electrons. The summed E-state index contributed by atoms with van der Waals surface area (Å²) in [6.07, 6.45) is 1.78. The maximum absolute atomic E-state index is 13.5. The molecule has 0 unspecified atom stereocenters. The van der Waals surface area contributed by atoms with Gasteiger partial charge in [0.15, 0.2) is 5.11 Å². The molecule has 0 saturated heterocycles. The van der Waals surface area contributed by atoms with E-state index < -0.39 is 11.6 Å². The quantitative estimate of drug-likeness (QED) is 0.656. The Morgan fingerprint density at radius 1 is 1.09 bits per heavy atom. The van der Waals surface area contributed by atoms with Crippen LogP contribution in [0.5, 0.6) is 0 Å². The third-order valence-electron chi connectivity index (χ3n) is 3.43. The van der Waals surface area contributed by atoms with Crippen molar-refractivity contribution in [2.75, 3.05) is 5.32 Å². The van der Waals surface area contributed by atoms with E-state index >= 15 is 0 Å². The Morgan fingerprint density at radius 2 is 1.91 bits per heavy atom. The highest BCUT2D eigenvalue weighted by Crippen LogP contribution is 2.21. The van der Waals surface area contributed by atoms with E-state index in [0.717, 1.165) is 36.2 Å². The molecule has 0 aromatic heterocycles. The van der Waals surface area contributed by atoms with E-state index in [-0.39, 0.29) is 10.8 Å². The van der Waals surface area contributed by atoms with Crippen molar-refractivity contribution >= 4 is 28.7 Å². The first-order valence-electron chi connectivity index (χ1n) is 6.80. The zero-order valence-electron chi connectivity index (χ0n) is 11.6. The second-order valence-corrected chi connectivity index (χ2v) is 5.31. The van der Waals surface area contributed by atoms with Crippen LogP contribution in [0.3, 0.4) is 0 Å². The van der Waals surface area contributed by atoms with Gasteiger partial charge in [-0.25, -0.2) is 8.78 Å². The van der Waals surface area contributed by atoms with Gasteiger partial charge in [-0.15, -0.1) is 0 Å². The number of fused-ring (bicyclic) bond motifs is 1. The standard InChI is InChI=1S/C16H13F2N3S/c17-11-6-8-15(13(18)9-11)19-16(22)21-20-14-7-5-10-3-1-2-4-12(10)14/h1-4,6,8-9H,5,7H2,(H2,19,21,22). The third-order valence-corrected chi connectivity index (χ3v) is 3.62. The van der Waals surface area contributed by atoms with Crippen LogP contribution in [0.25, 0.3) is 0 Å². The molecule has 0 spiro atoms. The number of benzene rings is 2. The van der Waals surface area contributed by atoms with E-state index in [0.29, 0.717) is 0 Å². The highest BCUT2D eigenvalue weighted by molar-refractivity contribution is 7.80. The summed E-state index contributed by atoms with van der Waals surface area (Å²) >= 11 is 5.07. The largest absolute Gasteiger partial charge is 0.329 e. The molecule has 0 heterocycles. The summed E-state index contributed by atoms with van der Waals surface area (Å²) in [5.41, 5.74) is 6.08. The van der Waals surface area contributed by atoms with Crippen molar-refractivity contribution in [2.45, 2.75) is 12.8 Å². The van der Waals surface area contributed by atoms with E-state index in [1.807, 2.05) is 18.2 Å². The molecule has 2 N–H and O–H groups in total. The number of nitrogens with zero attached hydrogens (tertiary/aromatic N) is 1. The summed E-state index contributed by atoms with van der Waals surface area (Å²) in [6.45, 7) is 0. The van der Waals surface area contributed by atoms with Crippen molar-refractivity contribution in [3.63, 3.8) is 0 Å². The van der Waals surface area contributed by atoms with Gasteiger partial charge in [-0.05, 0) is 42.8 Å². The molecule has 0 aliphatic heterocycles. The lowest BCUT2D eigenvalue weighted by Gasteiger charge is -2.09. The van der Waals surface area contributed by atoms with Gasteiger partial charge in [0.25, 0.3) is 0 Å². The van der Waals surface area contributed by atoms with Gasteiger partial charge in [0, 0.05) is 11.6 Å². The summed E-state index contributed by atoms with van der Waals surface area (Å²) in [5.74, 6) is -1.34. The lowest BCUT2D eigenvalue weighted by Crippen LogP contribution is -2.25.